The Morgan fingerprint density at radius 2 is 2.07 bits per heavy atom. The van der Waals surface area contributed by atoms with Crippen LogP contribution in [-0.4, -0.2) is 77.5 Å². The van der Waals surface area contributed by atoms with E-state index in [0.717, 1.165) is 68.9 Å². The van der Waals surface area contributed by atoms with Crippen molar-refractivity contribution in [3.05, 3.63) is 29.5 Å². The number of amides is 1. The van der Waals surface area contributed by atoms with Crippen molar-refractivity contribution in [3.8, 4) is 0 Å². The van der Waals surface area contributed by atoms with Gasteiger partial charge in [-0.1, -0.05) is 0 Å². The van der Waals surface area contributed by atoms with Crippen LogP contribution in [0, 0.1) is 12.8 Å². The summed E-state index contributed by atoms with van der Waals surface area (Å²) >= 11 is 6.34. The van der Waals surface area contributed by atoms with Gasteiger partial charge >= 0.3 is 0 Å². The topological polar surface area (TPSA) is 62.6 Å². The molecule has 2 fully saturated rings. The van der Waals surface area contributed by atoms with Crippen molar-refractivity contribution in [2.45, 2.75) is 26.3 Å². The van der Waals surface area contributed by atoms with Crippen molar-refractivity contribution in [3.63, 3.8) is 0 Å². The van der Waals surface area contributed by atoms with E-state index < -0.39 is 0 Å². The number of nitrogens with one attached hydrogen (secondary N) is 1. The summed E-state index contributed by atoms with van der Waals surface area (Å²) in [6.45, 7) is 9.60. The van der Waals surface area contributed by atoms with Crippen LogP contribution >= 0.6 is 11.8 Å². The van der Waals surface area contributed by atoms with Crippen LogP contribution in [0.25, 0.3) is 10.9 Å². The molecule has 0 aliphatic carbocycles. The first-order valence-corrected chi connectivity index (χ1v) is 10.9. The summed E-state index contributed by atoms with van der Waals surface area (Å²) in [4.78, 5) is 15.2. The second kappa shape index (κ2) is 9.43. The van der Waals surface area contributed by atoms with Crippen molar-refractivity contribution in [1.29, 1.82) is 0 Å². The maximum Gasteiger partial charge on any atom is 0.268 e. The van der Waals surface area contributed by atoms with Crippen LogP contribution in [-0.2, 0) is 11.3 Å². The SMILES string of the molecule is Cc1c(C(=O)N(Cl)CCN2CCOCC2)ccc2nn(CC3CCNCC3)cc12. The molecule has 0 bridgehead atoms. The van der Waals surface area contributed by atoms with Crippen LogP contribution in [0.4, 0.5) is 0 Å². The van der Waals surface area contributed by atoms with Gasteiger partial charge in [-0.15, -0.1) is 0 Å². The van der Waals surface area contributed by atoms with E-state index in [2.05, 4.69) is 16.4 Å². The molecule has 7 nitrogen and oxygen atoms in total. The van der Waals surface area contributed by atoms with E-state index in [1.54, 1.807) is 0 Å². The Kier molecular flexibility index (Phi) is 6.70. The molecule has 2 aliphatic rings. The molecule has 8 heteroatoms. The molecule has 29 heavy (non-hydrogen) atoms. The van der Waals surface area contributed by atoms with Crippen LogP contribution in [0.3, 0.4) is 0 Å². The minimum atomic E-state index is -0.148. The number of fused-ring (bicyclic) bond motifs is 1. The summed E-state index contributed by atoms with van der Waals surface area (Å²) in [6, 6.07) is 3.78. The zero-order valence-corrected chi connectivity index (χ0v) is 17.8. The van der Waals surface area contributed by atoms with Crippen molar-refractivity contribution < 1.29 is 9.53 Å². The number of aryl methyl sites for hydroxylation is 1. The Bertz CT molecular complexity index is 843. The molecule has 2 aliphatic heterocycles. The highest BCUT2D eigenvalue weighted by Gasteiger charge is 2.21. The average molecular weight is 420 g/mol. The second-order valence-corrected chi connectivity index (χ2v) is 8.47. The molecule has 4 rings (SSSR count). The van der Waals surface area contributed by atoms with Gasteiger partial charge in [0, 0.05) is 55.1 Å². The van der Waals surface area contributed by atoms with E-state index in [1.165, 1.54) is 17.3 Å². The monoisotopic (exact) mass is 419 g/mol. The molecule has 1 amide bonds. The van der Waals surface area contributed by atoms with E-state index >= 15 is 0 Å². The molecular formula is C21H30ClN5O2. The number of hydrogen-bond acceptors (Lipinski definition) is 5. The van der Waals surface area contributed by atoms with E-state index in [9.17, 15) is 4.79 Å². The first-order chi connectivity index (χ1) is 14.1. The lowest BCUT2D eigenvalue weighted by Gasteiger charge is -2.27. The maximum absolute atomic E-state index is 12.9. The second-order valence-electron chi connectivity index (χ2n) is 8.06. The van der Waals surface area contributed by atoms with Gasteiger partial charge in [-0.25, -0.2) is 4.42 Å². The number of hydrogen-bond donors (Lipinski definition) is 1. The predicted octanol–water partition coefficient (Wildman–Crippen LogP) is 2.27. The Morgan fingerprint density at radius 3 is 2.83 bits per heavy atom. The molecular weight excluding hydrogens is 390 g/mol. The fourth-order valence-electron chi connectivity index (χ4n) is 4.22. The van der Waals surface area contributed by atoms with Crippen molar-refractivity contribution in [2.24, 2.45) is 5.92 Å². The third kappa shape index (κ3) is 4.91. The molecule has 158 valence electrons. The number of carbonyl (C=O) groups is 1. The van der Waals surface area contributed by atoms with Crippen molar-refractivity contribution >= 4 is 28.6 Å². The first-order valence-electron chi connectivity index (χ1n) is 10.6. The van der Waals surface area contributed by atoms with Gasteiger partial charge < -0.3 is 10.1 Å². The fraction of sp³-hybridized carbons (Fsp3) is 0.619. The lowest BCUT2D eigenvalue weighted by Crippen LogP contribution is -2.40. The number of nitrogens with zero attached hydrogens (tertiary/aromatic N) is 4. The standard InChI is InChI=1S/C21H30ClN5O2/c1-16-18(21(28)27(22)9-8-25-10-12-29-13-11-25)2-3-20-19(16)15-26(24-20)14-17-4-6-23-7-5-17/h2-3,15,17,23H,4-14H2,1H3. The summed E-state index contributed by atoms with van der Waals surface area (Å²) in [5.74, 6) is 0.510. The molecule has 2 saturated heterocycles. The Balaban J connectivity index is 1.43. The first kappa shape index (κ1) is 20.6. The number of carbonyl (C=O) groups excluding carboxylic acids is 1. The highest BCUT2D eigenvalue weighted by Crippen LogP contribution is 2.24. The number of aromatic nitrogens is 2. The van der Waals surface area contributed by atoms with E-state index in [4.69, 9.17) is 21.6 Å². The molecule has 2 aromatic rings. The van der Waals surface area contributed by atoms with Gasteiger partial charge in [0.15, 0.2) is 0 Å². The molecule has 0 saturated carbocycles. The largest absolute Gasteiger partial charge is 0.379 e. The summed E-state index contributed by atoms with van der Waals surface area (Å²) in [6.07, 6.45) is 4.45. The third-order valence-electron chi connectivity index (χ3n) is 6.08. The summed E-state index contributed by atoms with van der Waals surface area (Å²) < 4.78 is 8.71. The highest BCUT2D eigenvalue weighted by molar-refractivity contribution is 6.24. The summed E-state index contributed by atoms with van der Waals surface area (Å²) in [7, 11) is 0. The highest BCUT2D eigenvalue weighted by atomic mass is 35.5. The number of rotatable bonds is 6. The minimum absolute atomic E-state index is 0.148. The quantitative estimate of drug-likeness (QED) is 0.728. The fourth-order valence-corrected chi connectivity index (χ4v) is 4.39. The molecule has 1 aromatic heterocycles. The lowest BCUT2D eigenvalue weighted by atomic mass is 9.98. The average Bonchev–Trinajstić information content (AvgIpc) is 3.17. The van der Waals surface area contributed by atoms with Gasteiger partial charge in [0.1, 0.15) is 0 Å². The molecule has 0 unspecified atom stereocenters. The van der Waals surface area contributed by atoms with E-state index in [0.29, 0.717) is 18.0 Å². The van der Waals surface area contributed by atoms with Crippen LogP contribution in [0.5, 0.6) is 0 Å². The molecule has 1 aromatic carbocycles. The van der Waals surface area contributed by atoms with Crippen LogP contribution in [0.1, 0.15) is 28.8 Å². The molecule has 0 radical (unpaired) electrons. The van der Waals surface area contributed by atoms with Gasteiger partial charge in [-0.05, 0) is 56.5 Å². The molecule has 0 atom stereocenters. The number of benzene rings is 1. The van der Waals surface area contributed by atoms with Crippen LogP contribution in [0.15, 0.2) is 18.3 Å². The Labute approximate surface area is 177 Å². The minimum Gasteiger partial charge on any atom is -0.379 e. The normalized spacial score (nSPS) is 19.0. The molecule has 3 heterocycles. The van der Waals surface area contributed by atoms with E-state index in [1.807, 2.05) is 23.7 Å². The number of ether oxygens (including phenoxy) is 1. The maximum atomic E-state index is 12.9. The van der Waals surface area contributed by atoms with Crippen molar-refractivity contribution in [1.82, 2.24) is 24.4 Å². The van der Waals surface area contributed by atoms with Crippen molar-refractivity contribution in [2.75, 3.05) is 52.5 Å². The summed E-state index contributed by atoms with van der Waals surface area (Å²) in [5, 5.41) is 9.17. The number of morpholine rings is 1. The molecule has 0 spiro atoms. The Morgan fingerprint density at radius 1 is 1.31 bits per heavy atom. The molecule has 1 N–H and O–H groups in total. The van der Waals surface area contributed by atoms with E-state index in [-0.39, 0.29) is 5.91 Å². The zero-order chi connectivity index (χ0) is 20.2. The van der Waals surface area contributed by atoms with Gasteiger partial charge in [0.2, 0.25) is 0 Å². The Hall–Kier alpha value is -1.67. The number of piperidine rings is 1. The number of halogens is 1. The van der Waals surface area contributed by atoms with Gasteiger partial charge in [0.05, 0.1) is 25.3 Å². The van der Waals surface area contributed by atoms with Gasteiger partial charge in [-0.2, -0.15) is 5.10 Å². The van der Waals surface area contributed by atoms with Gasteiger partial charge in [-0.3, -0.25) is 14.4 Å². The van der Waals surface area contributed by atoms with Crippen LogP contribution < -0.4 is 5.32 Å². The predicted molar refractivity (Wildman–Crippen MR) is 114 cm³/mol. The lowest BCUT2D eigenvalue weighted by molar-refractivity contribution is 0.0359. The smallest absolute Gasteiger partial charge is 0.268 e. The summed E-state index contributed by atoms with van der Waals surface area (Å²) in [5.41, 5.74) is 2.53. The van der Waals surface area contributed by atoms with Gasteiger partial charge in [0.25, 0.3) is 5.91 Å². The third-order valence-corrected chi connectivity index (χ3v) is 6.40. The zero-order valence-electron chi connectivity index (χ0n) is 17.1. The van der Waals surface area contributed by atoms with Crippen LogP contribution in [0.2, 0.25) is 0 Å².